The Bertz CT molecular complexity index is 1780. The Labute approximate surface area is 293 Å². The molecule has 4 rings (SSSR count). The second-order valence-electron chi connectivity index (χ2n) is 11.7. The zero-order valence-corrected chi connectivity index (χ0v) is 28.8. The van der Waals surface area contributed by atoms with Crippen LogP contribution in [0, 0.1) is 0 Å². The van der Waals surface area contributed by atoms with E-state index >= 15 is 0 Å². The van der Waals surface area contributed by atoms with Gasteiger partial charge in [0.1, 0.15) is 18.4 Å². The maximum Gasteiger partial charge on any atom is 0.326 e. The van der Waals surface area contributed by atoms with Gasteiger partial charge in [0.05, 0.1) is 18.1 Å². The van der Waals surface area contributed by atoms with Crippen LogP contribution in [0.4, 0.5) is 11.4 Å². The molecule has 4 aromatic carbocycles. The van der Waals surface area contributed by atoms with Gasteiger partial charge in [-0.15, -0.1) is 0 Å². The average molecular weight is 702 g/mol. The van der Waals surface area contributed by atoms with Gasteiger partial charge in [0.25, 0.3) is 15.9 Å². The molecule has 12 heteroatoms. The second kappa shape index (κ2) is 19.1. The van der Waals surface area contributed by atoms with E-state index in [-0.39, 0.29) is 29.4 Å². The van der Waals surface area contributed by atoms with Crippen molar-refractivity contribution in [2.45, 2.75) is 63.0 Å². The van der Waals surface area contributed by atoms with Crippen molar-refractivity contribution in [3.8, 4) is 5.75 Å². The quantitative estimate of drug-likeness (QED) is 0.0769. The number of nitrogens with one attached hydrogen (secondary N) is 3. The Hall–Kier alpha value is -5.20. The molecule has 0 aliphatic heterocycles. The number of anilines is 2. The summed E-state index contributed by atoms with van der Waals surface area (Å²) in [5.74, 6) is -1.59. The molecule has 4 aromatic rings. The summed E-state index contributed by atoms with van der Waals surface area (Å²) in [6.45, 7) is 2.89. The minimum absolute atomic E-state index is 0.0364. The van der Waals surface area contributed by atoms with E-state index in [1.165, 1.54) is 67.8 Å². The first-order valence-electron chi connectivity index (χ1n) is 16.5. The maximum atomic E-state index is 12.9. The van der Waals surface area contributed by atoms with Crippen LogP contribution in [0.15, 0.2) is 108 Å². The number of carbonyl (C=O) groups excluding carboxylic acids is 2. The lowest BCUT2D eigenvalue weighted by Crippen LogP contribution is -2.42. The Morgan fingerprint density at radius 2 is 1.42 bits per heavy atom. The predicted octanol–water partition coefficient (Wildman–Crippen LogP) is 6.42. The van der Waals surface area contributed by atoms with Crippen molar-refractivity contribution in [1.29, 1.82) is 0 Å². The van der Waals surface area contributed by atoms with Gasteiger partial charge in [-0.25, -0.2) is 13.2 Å². The minimum Gasteiger partial charge on any atom is -0.494 e. The van der Waals surface area contributed by atoms with Crippen LogP contribution in [0.2, 0.25) is 0 Å². The SMILES string of the molecule is CCCCCCCOc1ccc(S(=O)(=O)Nc2ccc(CC(NC(=O)c3ccc(NC(=O)COCc4ccccc4)cc3)C(=O)O)cc2)cc1. The Morgan fingerprint density at radius 1 is 0.760 bits per heavy atom. The third kappa shape index (κ3) is 12.4. The van der Waals surface area contributed by atoms with E-state index in [4.69, 9.17) is 9.47 Å². The number of aliphatic carboxylic acids is 1. The fraction of sp³-hybridized carbons (Fsp3) is 0.289. The van der Waals surface area contributed by atoms with Crippen LogP contribution in [0.25, 0.3) is 0 Å². The third-order valence-corrected chi connectivity index (χ3v) is 9.07. The first-order chi connectivity index (χ1) is 24.1. The standard InChI is InChI=1S/C38H43N3O8S/c1-2-3-4-5-9-24-49-33-20-22-34(23-21-33)50(46,47)41-32-16-12-28(13-17-32)25-35(38(44)45)40-37(43)30-14-18-31(19-15-30)39-36(42)27-48-26-29-10-7-6-8-11-29/h6-8,10-23,35,41H,2-5,9,24-27H2,1H3,(H,39,42)(H,40,43)(H,44,45). The lowest BCUT2D eigenvalue weighted by molar-refractivity contribution is -0.139. The summed E-state index contributed by atoms with van der Waals surface area (Å²) in [6.07, 6.45) is 5.56. The highest BCUT2D eigenvalue weighted by Gasteiger charge is 2.22. The molecule has 0 fully saturated rings. The molecule has 50 heavy (non-hydrogen) atoms. The van der Waals surface area contributed by atoms with E-state index in [1.54, 1.807) is 24.3 Å². The van der Waals surface area contributed by atoms with Crippen LogP contribution < -0.4 is 20.1 Å². The van der Waals surface area contributed by atoms with Gasteiger partial charge in [0, 0.05) is 23.4 Å². The number of sulfonamides is 1. The number of ether oxygens (including phenoxy) is 2. The van der Waals surface area contributed by atoms with Crippen molar-refractivity contribution in [3.05, 3.63) is 120 Å². The van der Waals surface area contributed by atoms with Crippen LogP contribution in [0.3, 0.4) is 0 Å². The van der Waals surface area contributed by atoms with Crippen molar-refractivity contribution >= 4 is 39.2 Å². The first kappa shape index (κ1) is 37.6. The summed E-state index contributed by atoms with van der Waals surface area (Å²) in [5, 5.41) is 15.0. The van der Waals surface area contributed by atoms with E-state index < -0.39 is 27.9 Å². The minimum atomic E-state index is -3.87. The van der Waals surface area contributed by atoms with Crippen molar-refractivity contribution < 1.29 is 37.4 Å². The number of carbonyl (C=O) groups is 3. The van der Waals surface area contributed by atoms with Crippen LogP contribution >= 0.6 is 0 Å². The van der Waals surface area contributed by atoms with Crippen LogP contribution in [-0.2, 0) is 37.4 Å². The number of carboxylic acids is 1. The smallest absolute Gasteiger partial charge is 0.326 e. The molecule has 1 unspecified atom stereocenters. The number of carboxylic acid groups (broad SMARTS) is 1. The highest BCUT2D eigenvalue weighted by molar-refractivity contribution is 7.92. The lowest BCUT2D eigenvalue weighted by atomic mass is 10.0. The maximum absolute atomic E-state index is 12.9. The molecule has 0 spiro atoms. The molecular formula is C38H43N3O8S. The van der Waals surface area contributed by atoms with Crippen LogP contribution in [0.1, 0.15) is 60.5 Å². The summed E-state index contributed by atoms with van der Waals surface area (Å²) < 4.78 is 39.6. The molecule has 0 saturated heterocycles. The highest BCUT2D eigenvalue weighted by atomic mass is 32.2. The molecule has 4 N–H and O–H groups in total. The van der Waals surface area contributed by atoms with Crippen LogP contribution in [-0.4, -0.2) is 50.6 Å². The molecule has 2 amide bonds. The van der Waals surface area contributed by atoms with E-state index in [0.717, 1.165) is 18.4 Å². The third-order valence-electron chi connectivity index (χ3n) is 7.68. The topological polar surface area (TPSA) is 160 Å². The second-order valence-corrected chi connectivity index (χ2v) is 13.4. The molecule has 0 aliphatic rings. The number of amides is 2. The molecule has 0 saturated carbocycles. The summed E-state index contributed by atoms with van der Waals surface area (Å²) in [7, 11) is -3.87. The molecule has 0 aliphatic carbocycles. The van der Waals surface area contributed by atoms with Gasteiger partial charge in [-0.05, 0) is 78.2 Å². The van der Waals surface area contributed by atoms with Gasteiger partial charge in [-0.3, -0.25) is 14.3 Å². The Morgan fingerprint density at radius 3 is 2.08 bits per heavy atom. The number of rotatable bonds is 20. The lowest BCUT2D eigenvalue weighted by Gasteiger charge is -2.16. The molecule has 0 heterocycles. The van der Waals surface area contributed by atoms with Gasteiger partial charge in [-0.1, -0.05) is 75.1 Å². The average Bonchev–Trinajstić information content (AvgIpc) is 3.11. The normalized spacial score (nSPS) is 11.7. The number of unbranched alkanes of at least 4 members (excludes halogenated alkanes) is 4. The predicted molar refractivity (Wildman–Crippen MR) is 192 cm³/mol. The van der Waals surface area contributed by atoms with E-state index in [1.807, 2.05) is 30.3 Å². The fourth-order valence-corrected chi connectivity index (χ4v) is 6.01. The van der Waals surface area contributed by atoms with E-state index in [9.17, 15) is 27.9 Å². The summed E-state index contributed by atoms with van der Waals surface area (Å²) in [6, 6.07) is 26.7. The molecule has 11 nitrogen and oxygen atoms in total. The Kier molecular flexibility index (Phi) is 14.4. The number of hydrogen-bond acceptors (Lipinski definition) is 7. The van der Waals surface area contributed by atoms with Crippen molar-refractivity contribution in [3.63, 3.8) is 0 Å². The van der Waals surface area contributed by atoms with Crippen molar-refractivity contribution in [2.24, 2.45) is 0 Å². The molecule has 0 aromatic heterocycles. The van der Waals surface area contributed by atoms with Crippen molar-refractivity contribution in [2.75, 3.05) is 23.3 Å². The van der Waals surface area contributed by atoms with Gasteiger partial charge < -0.3 is 25.2 Å². The van der Waals surface area contributed by atoms with Gasteiger partial charge in [-0.2, -0.15) is 0 Å². The van der Waals surface area contributed by atoms with E-state index in [2.05, 4.69) is 22.3 Å². The summed E-state index contributed by atoms with van der Waals surface area (Å²) in [4.78, 5) is 37.2. The Balaban J connectivity index is 1.24. The van der Waals surface area contributed by atoms with Crippen molar-refractivity contribution in [1.82, 2.24) is 5.32 Å². The molecule has 0 radical (unpaired) electrons. The number of benzene rings is 4. The van der Waals surface area contributed by atoms with Gasteiger partial charge in [0.15, 0.2) is 0 Å². The molecule has 1 atom stereocenters. The zero-order chi connectivity index (χ0) is 35.8. The zero-order valence-electron chi connectivity index (χ0n) is 28.0. The fourth-order valence-electron chi connectivity index (χ4n) is 4.95. The first-order valence-corrected chi connectivity index (χ1v) is 18.0. The summed E-state index contributed by atoms with van der Waals surface area (Å²) >= 11 is 0. The monoisotopic (exact) mass is 701 g/mol. The largest absolute Gasteiger partial charge is 0.494 e. The van der Waals surface area contributed by atoms with Gasteiger partial charge in [0.2, 0.25) is 5.91 Å². The highest BCUT2D eigenvalue weighted by Crippen LogP contribution is 2.21. The molecular weight excluding hydrogens is 658 g/mol. The number of hydrogen-bond donors (Lipinski definition) is 4. The van der Waals surface area contributed by atoms with Crippen LogP contribution in [0.5, 0.6) is 5.75 Å². The molecule has 0 bridgehead atoms. The summed E-state index contributed by atoms with van der Waals surface area (Å²) in [5.41, 5.74) is 2.48. The molecule has 264 valence electrons. The van der Waals surface area contributed by atoms with Gasteiger partial charge >= 0.3 is 5.97 Å². The van der Waals surface area contributed by atoms with E-state index in [0.29, 0.717) is 35.9 Å².